The smallest absolute Gasteiger partial charge is 0.224 e. The third kappa shape index (κ3) is 5.45. The first kappa shape index (κ1) is 14.7. The van der Waals surface area contributed by atoms with Crippen LogP contribution in [0.25, 0.3) is 0 Å². The number of hydrogen-bond donors (Lipinski definition) is 1. The third-order valence-electron chi connectivity index (χ3n) is 3.36. The van der Waals surface area contributed by atoms with E-state index in [4.69, 9.17) is 11.6 Å². The van der Waals surface area contributed by atoms with Crippen molar-refractivity contribution in [2.45, 2.75) is 37.4 Å². The summed E-state index contributed by atoms with van der Waals surface area (Å²) >= 11 is 7.81. The first-order valence-corrected chi connectivity index (χ1v) is 8.29. The summed E-state index contributed by atoms with van der Waals surface area (Å²) in [6.45, 7) is 0.771. The van der Waals surface area contributed by atoms with E-state index >= 15 is 0 Å². The number of thioether (sulfide) groups is 1. The van der Waals surface area contributed by atoms with E-state index in [0.717, 1.165) is 23.1 Å². The minimum atomic E-state index is 0.0920. The summed E-state index contributed by atoms with van der Waals surface area (Å²) in [5, 5.41) is 4.51. The lowest BCUT2D eigenvalue weighted by molar-refractivity contribution is -0.120. The molecular formula is C15H20ClNOS. The van der Waals surface area contributed by atoms with Crippen molar-refractivity contribution in [1.82, 2.24) is 5.32 Å². The van der Waals surface area contributed by atoms with Crippen molar-refractivity contribution in [3.8, 4) is 0 Å². The van der Waals surface area contributed by atoms with Gasteiger partial charge in [0, 0.05) is 22.6 Å². The Bertz CT molecular complexity index is 401. The monoisotopic (exact) mass is 297 g/mol. The van der Waals surface area contributed by atoms with E-state index in [9.17, 15) is 4.79 Å². The van der Waals surface area contributed by atoms with Crippen LogP contribution >= 0.6 is 23.4 Å². The summed E-state index contributed by atoms with van der Waals surface area (Å²) in [5.41, 5.74) is 1.00. The zero-order chi connectivity index (χ0) is 13.5. The van der Waals surface area contributed by atoms with Gasteiger partial charge < -0.3 is 5.32 Å². The predicted molar refractivity (Wildman–Crippen MR) is 82.9 cm³/mol. The Morgan fingerprint density at radius 3 is 2.63 bits per heavy atom. The third-order valence-corrected chi connectivity index (χ3v) is 4.99. The molecule has 19 heavy (non-hydrogen) atoms. The molecule has 0 spiro atoms. The minimum Gasteiger partial charge on any atom is -0.355 e. The summed E-state index contributed by atoms with van der Waals surface area (Å²) in [6, 6.07) is 7.44. The van der Waals surface area contributed by atoms with E-state index in [1.165, 1.54) is 25.7 Å². The lowest BCUT2D eigenvalue weighted by atomic mass is 10.1. The molecule has 1 fully saturated rings. The fraction of sp³-hybridized carbons (Fsp3) is 0.533. The molecule has 1 aromatic rings. The highest BCUT2D eigenvalue weighted by Crippen LogP contribution is 2.28. The molecule has 0 bridgehead atoms. The van der Waals surface area contributed by atoms with Crippen molar-refractivity contribution in [1.29, 1.82) is 0 Å². The number of carbonyl (C=O) groups is 1. The summed E-state index contributed by atoms with van der Waals surface area (Å²) in [4.78, 5) is 11.7. The van der Waals surface area contributed by atoms with Crippen molar-refractivity contribution in [3.63, 3.8) is 0 Å². The second-order valence-electron chi connectivity index (χ2n) is 4.93. The largest absolute Gasteiger partial charge is 0.355 e. The molecule has 1 N–H and O–H groups in total. The Labute approximate surface area is 124 Å². The molecule has 4 heteroatoms. The molecule has 1 saturated carbocycles. The van der Waals surface area contributed by atoms with Gasteiger partial charge in [-0.1, -0.05) is 36.6 Å². The Hall–Kier alpha value is -0.670. The van der Waals surface area contributed by atoms with Gasteiger partial charge in [-0.25, -0.2) is 0 Å². The lowest BCUT2D eigenvalue weighted by Crippen LogP contribution is -2.27. The molecule has 0 radical (unpaired) electrons. The van der Waals surface area contributed by atoms with Crippen molar-refractivity contribution in [3.05, 3.63) is 34.9 Å². The number of nitrogens with one attached hydrogen (secondary N) is 1. The van der Waals surface area contributed by atoms with E-state index < -0.39 is 0 Å². The standard InChI is InChI=1S/C15H20ClNOS/c16-13-7-5-12(6-8-13)11-15(18)17-9-10-19-14-3-1-2-4-14/h5-8,14H,1-4,9-11H2,(H,17,18). The van der Waals surface area contributed by atoms with Gasteiger partial charge in [-0.15, -0.1) is 0 Å². The van der Waals surface area contributed by atoms with Gasteiger partial charge >= 0.3 is 0 Å². The van der Waals surface area contributed by atoms with Crippen LogP contribution < -0.4 is 5.32 Å². The summed E-state index contributed by atoms with van der Waals surface area (Å²) in [6.07, 6.45) is 5.89. The molecule has 2 nitrogen and oxygen atoms in total. The molecule has 0 saturated heterocycles. The van der Waals surface area contributed by atoms with Gasteiger partial charge in [0.05, 0.1) is 6.42 Å². The van der Waals surface area contributed by atoms with E-state index in [2.05, 4.69) is 5.32 Å². The average Bonchev–Trinajstić information content (AvgIpc) is 2.91. The van der Waals surface area contributed by atoms with Crippen LogP contribution in [0.1, 0.15) is 31.2 Å². The van der Waals surface area contributed by atoms with Gasteiger partial charge in [0.25, 0.3) is 0 Å². The van der Waals surface area contributed by atoms with E-state index in [1.54, 1.807) is 0 Å². The quantitative estimate of drug-likeness (QED) is 0.812. The molecule has 0 aliphatic heterocycles. The first-order chi connectivity index (χ1) is 9.24. The minimum absolute atomic E-state index is 0.0920. The van der Waals surface area contributed by atoms with Gasteiger partial charge in [-0.2, -0.15) is 11.8 Å². The SMILES string of the molecule is O=C(Cc1ccc(Cl)cc1)NCCSC1CCCC1. The highest BCUT2D eigenvalue weighted by Gasteiger charge is 2.14. The molecule has 1 amide bonds. The molecule has 1 aromatic carbocycles. The summed E-state index contributed by atoms with van der Waals surface area (Å²) in [5.74, 6) is 1.12. The topological polar surface area (TPSA) is 29.1 Å². The Kier molecular flexibility index (Phi) is 6.05. The molecule has 1 aliphatic rings. The van der Waals surface area contributed by atoms with Crippen LogP contribution in [0, 0.1) is 0 Å². The molecule has 0 unspecified atom stereocenters. The maximum absolute atomic E-state index is 11.7. The lowest BCUT2D eigenvalue weighted by Gasteiger charge is -2.09. The fourth-order valence-electron chi connectivity index (χ4n) is 2.32. The van der Waals surface area contributed by atoms with Crippen molar-refractivity contribution >= 4 is 29.3 Å². The van der Waals surface area contributed by atoms with Crippen molar-refractivity contribution < 1.29 is 4.79 Å². The van der Waals surface area contributed by atoms with Crippen LogP contribution in [0.15, 0.2) is 24.3 Å². The molecule has 2 rings (SSSR count). The number of benzene rings is 1. The molecule has 0 atom stereocenters. The van der Waals surface area contributed by atoms with E-state index in [1.807, 2.05) is 36.0 Å². The number of carbonyl (C=O) groups excluding carboxylic acids is 1. The molecule has 1 aliphatic carbocycles. The van der Waals surface area contributed by atoms with E-state index in [-0.39, 0.29) is 5.91 Å². The predicted octanol–water partition coefficient (Wildman–Crippen LogP) is 3.67. The van der Waals surface area contributed by atoms with Crippen molar-refractivity contribution in [2.75, 3.05) is 12.3 Å². The Balaban J connectivity index is 1.60. The van der Waals surface area contributed by atoms with Crippen LogP contribution in [0.4, 0.5) is 0 Å². The summed E-state index contributed by atoms with van der Waals surface area (Å²) in [7, 11) is 0. The number of rotatable bonds is 6. The molecular weight excluding hydrogens is 278 g/mol. The number of halogens is 1. The highest BCUT2D eigenvalue weighted by atomic mass is 35.5. The first-order valence-electron chi connectivity index (χ1n) is 6.87. The van der Waals surface area contributed by atoms with Crippen LogP contribution in [0.5, 0.6) is 0 Å². The highest BCUT2D eigenvalue weighted by molar-refractivity contribution is 7.99. The Morgan fingerprint density at radius 2 is 1.95 bits per heavy atom. The molecule has 104 valence electrons. The second kappa shape index (κ2) is 7.81. The number of amides is 1. The van der Waals surface area contributed by atoms with Crippen LogP contribution in [0.3, 0.4) is 0 Å². The van der Waals surface area contributed by atoms with Gasteiger partial charge in [-0.3, -0.25) is 4.79 Å². The summed E-state index contributed by atoms with van der Waals surface area (Å²) < 4.78 is 0. The van der Waals surface area contributed by atoms with Gasteiger partial charge in [-0.05, 0) is 30.5 Å². The maximum atomic E-state index is 11.7. The van der Waals surface area contributed by atoms with Gasteiger partial charge in [0.1, 0.15) is 0 Å². The normalized spacial score (nSPS) is 15.6. The number of hydrogen-bond acceptors (Lipinski definition) is 2. The maximum Gasteiger partial charge on any atom is 0.224 e. The molecule has 0 heterocycles. The van der Waals surface area contributed by atoms with Crippen LogP contribution in [-0.4, -0.2) is 23.5 Å². The average molecular weight is 298 g/mol. The zero-order valence-corrected chi connectivity index (χ0v) is 12.6. The van der Waals surface area contributed by atoms with Crippen LogP contribution in [-0.2, 0) is 11.2 Å². The Morgan fingerprint density at radius 1 is 1.26 bits per heavy atom. The van der Waals surface area contributed by atoms with Crippen LogP contribution in [0.2, 0.25) is 5.02 Å². The zero-order valence-electron chi connectivity index (χ0n) is 11.0. The van der Waals surface area contributed by atoms with Gasteiger partial charge in [0.15, 0.2) is 0 Å². The fourth-order valence-corrected chi connectivity index (χ4v) is 3.67. The van der Waals surface area contributed by atoms with Crippen molar-refractivity contribution in [2.24, 2.45) is 0 Å². The molecule has 0 aromatic heterocycles. The van der Waals surface area contributed by atoms with E-state index in [0.29, 0.717) is 11.4 Å². The van der Waals surface area contributed by atoms with Gasteiger partial charge in [0.2, 0.25) is 5.91 Å². The second-order valence-corrected chi connectivity index (χ2v) is 6.78.